The molecule has 1 aromatic heterocycles. The average molecular weight is 311 g/mol. The highest BCUT2D eigenvalue weighted by Gasteiger charge is 2.08. The van der Waals surface area contributed by atoms with Crippen LogP contribution in [0.3, 0.4) is 0 Å². The lowest BCUT2D eigenvalue weighted by atomic mass is 10.1. The van der Waals surface area contributed by atoms with Crippen LogP contribution in [0.25, 0.3) is 0 Å². The minimum absolute atomic E-state index is 0.121. The van der Waals surface area contributed by atoms with E-state index in [-0.39, 0.29) is 6.04 Å². The summed E-state index contributed by atoms with van der Waals surface area (Å²) >= 11 is 1.43. The van der Waals surface area contributed by atoms with Gasteiger partial charge in [0.15, 0.2) is 0 Å². The highest BCUT2D eigenvalue weighted by molar-refractivity contribution is 7.92. The number of anilines is 1. The lowest BCUT2D eigenvalue weighted by Gasteiger charge is -2.15. The molecule has 1 aromatic carbocycles. The van der Waals surface area contributed by atoms with Crippen molar-refractivity contribution in [3.05, 3.63) is 47.0 Å². The quantitative estimate of drug-likeness (QED) is 0.859. The van der Waals surface area contributed by atoms with E-state index < -0.39 is 10.0 Å². The second kappa shape index (κ2) is 6.34. The van der Waals surface area contributed by atoms with Gasteiger partial charge in [0.2, 0.25) is 10.0 Å². The molecule has 1 atom stereocenters. The normalized spacial score (nSPS) is 13.1. The Kier molecular flexibility index (Phi) is 4.74. The van der Waals surface area contributed by atoms with Crippen LogP contribution in [0.1, 0.15) is 24.1 Å². The molecule has 1 heterocycles. The zero-order chi connectivity index (χ0) is 14.6. The molecule has 1 unspecified atom stereocenters. The SMILES string of the molecule is CC(NCc1cnsc1)c1cccc(NS(C)(=O)=O)c1. The van der Waals surface area contributed by atoms with Crippen molar-refractivity contribution in [3.63, 3.8) is 0 Å². The van der Waals surface area contributed by atoms with Crippen LogP contribution in [0.4, 0.5) is 5.69 Å². The van der Waals surface area contributed by atoms with E-state index in [9.17, 15) is 8.42 Å². The van der Waals surface area contributed by atoms with Gasteiger partial charge in [0, 0.05) is 29.9 Å². The Morgan fingerprint density at radius 1 is 1.40 bits per heavy atom. The topological polar surface area (TPSA) is 71.1 Å². The Morgan fingerprint density at radius 2 is 2.20 bits per heavy atom. The summed E-state index contributed by atoms with van der Waals surface area (Å²) in [6, 6.07) is 7.51. The van der Waals surface area contributed by atoms with Crippen molar-refractivity contribution in [1.82, 2.24) is 9.69 Å². The molecule has 0 saturated carbocycles. The van der Waals surface area contributed by atoms with Crippen LogP contribution in [0.15, 0.2) is 35.8 Å². The molecule has 0 aliphatic carbocycles. The molecule has 0 amide bonds. The van der Waals surface area contributed by atoms with E-state index in [0.29, 0.717) is 5.69 Å². The minimum atomic E-state index is -3.24. The van der Waals surface area contributed by atoms with Gasteiger partial charge >= 0.3 is 0 Å². The third-order valence-electron chi connectivity index (χ3n) is 2.79. The van der Waals surface area contributed by atoms with Crippen LogP contribution in [-0.2, 0) is 16.6 Å². The first-order valence-corrected chi connectivity index (χ1v) is 8.86. The maximum atomic E-state index is 11.2. The Bertz CT molecular complexity index is 654. The van der Waals surface area contributed by atoms with Gasteiger partial charge in [-0.25, -0.2) is 12.8 Å². The van der Waals surface area contributed by atoms with Gasteiger partial charge < -0.3 is 5.32 Å². The summed E-state index contributed by atoms with van der Waals surface area (Å²) in [6.45, 7) is 2.78. The molecule has 7 heteroatoms. The monoisotopic (exact) mass is 311 g/mol. The predicted octanol–water partition coefficient (Wildman–Crippen LogP) is 2.37. The van der Waals surface area contributed by atoms with Crippen molar-refractivity contribution in [1.29, 1.82) is 0 Å². The van der Waals surface area contributed by atoms with E-state index in [0.717, 1.165) is 23.9 Å². The van der Waals surface area contributed by atoms with Crippen molar-refractivity contribution in [2.24, 2.45) is 0 Å². The van der Waals surface area contributed by atoms with Crippen molar-refractivity contribution in [2.75, 3.05) is 11.0 Å². The van der Waals surface area contributed by atoms with E-state index in [1.54, 1.807) is 6.07 Å². The Labute approximate surface area is 123 Å². The van der Waals surface area contributed by atoms with Gasteiger partial charge in [0.25, 0.3) is 0 Å². The maximum Gasteiger partial charge on any atom is 0.229 e. The van der Waals surface area contributed by atoms with Crippen LogP contribution >= 0.6 is 11.5 Å². The third kappa shape index (κ3) is 4.59. The first-order chi connectivity index (χ1) is 9.44. The predicted molar refractivity (Wildman–Crippen MR) is 82.3 cm³/mol. The number of hydrogen-bond donors (Lipinski definition) is 2. The molecule has 0 aliphatic heterocycles. The summed E-state index contributed by atoms with van der Waals surface area (Å²) < 4.78 is 29.0. The number of nitrogens with zero attached hydrogens (tertiary/aromatic N) is 1. The van der Waals surface area contributed by atoms with E-state index in [1.807, 2.05) is 36.7 Å². The fourth-order valence-electron chi connectivity index (χ4n) is 1.79. The van der Waals surface area contributed by atoms with Crippen molar-refractivity contribution in [2.45, 2.75) is 19.5 Å². The third-order valence-corrected chi connectivity index (χ3v) is 4.03. The number of aromatic nitrogens is 1. The van der Waals surface area contributed by atoms with Crippen LogP contribution in [-0.4, -0.2) is 19.0 Å². The molecule has 0 spiro atoms. The molecular weight excluding hydrogens is 294 g/mol. The van der Waals surface area contributed by atoms with Crippen LogP contribution in [0, 0.1) is 0 Å². The standard InChI is InChI=1S/C13H17N3O2S2/c1-10(14-7-11-8-15-19-9-11)12-4-3-5-13(6-12)16-20(2,17)18/h3-6,8-10,14,16H,7H2,1-2H3. The second-order valence-electron chi connectivity index (χ2n) is 4.63. The summed E-state index contributed by atoms with van der Waals surface area (Å²) in [5.74, 6) is 0. The molecule has 2 N–H and O–H groups in total. The smallest absolute Gasteiger partial charge is 0.229 e. The van der Waals surface area contributed by atoms with Gasteiger partial charge in [-0.1, -0.05) is 12.1 Å². The summed E-state index contributed by atoms with van der Waals surface area (Å²) in [5, 5.41) is 5.38. The Hall–Kier alpha value is -1.44. The van der Waals surface area contributed by atoms with Crippen molar-refractivity contribution in [3.8, 4) is 0 Å². The zero-order valence-electron chi connectivity index (χ0n) is 11.3. The molecule has 0 radical (unpaired) electrons. The summed E-state index contributed by atoms with van der Waals surface area (Å²) in [7, 11) is -3.24. The van der Waals surface area contributed by atoms with Crippen LogP contribution < -0.4 is 10.0 Å². The summed E-state index contributed by atoms with van der Waals surface area (Å²) in [4.78, 5) is 0. The van der Waals surface area contributed by atoms with E-state index in [1.165, 1.54) is 11.5 Å². The zero-order valence-corrected chi connectivity index (χ0v) is 13.0. The lowest BCUT2D eigenvalue weighted by Crippen LogP contribution is -2.18. The maximum absolute atomic E-state index is 11.2. The van der Waals surface area contributed by atoms with E-state index >= 15 is 0 Å². The number of benzene rings is 1. The van der Waals surface area contributed by atoms with Gasteiger partial charge in [-0.3, -0.25) is 4.72 Å². The van der Waals surface area contributed by atoms with Crippen molar-refractivity contribution < 1.29 is 8.42 Å². The molecule has 2 aromatic rings. The second-order valence-corrected chi connectivity index (χ2v) is 7.04. The molecule has 0 bridgehead atoms. The number of sulfonamides is 1. The molecule has 5 nitrogen and oxygen atoms in total. The van der Waals surface area contributed by atoms with Gasteiger partial charge in [0.1, 0.15) is 0 Å². The van der Waals surface area contributed by atoms with Crippen LogP contribution in [0.2, 0.25) is 0 Å². The molecule has 0 aliphatic rings. The molecule has 20 heavy (non-hydrogen) atoms. The molecular formula is C13H17N3O2S2. The van der Waals surface area contributed by atoms with Gasteiger partial charge in [0.05, 0.1) is 6.26 Å². The van der Waals surface area contributed by atoms with Crippen LogP contribution in [0.5, 0.6) is 0 Å². The first kappa shape index (κ1) is 15.0. The molecule has 108 valence electrons. The summed E-state index contributed by atoms with van der Waals surface area (Å²) in [5.41, 5.74) is 2.75. The molecule has 2 rings (SSSR count). The number of hydrogen-bond acceptors (Lipinski definition) is 5. The van der Waals surface area contributed by atoms with Gasteiger partial charge in [-0.2, -0.15) is 0 Å². The highest BCUT2D eigenvalue weighted by atomic mass is 32.2. The minimum Gasteiger partial charge on any atom is -0.306 e. The number of rotatable bonds is 6. The van der Waals surface area contributed by atoms with E-state index in [4.69, 9.17) is 0 Å². The molecule has 0 fully saturated rings. The van der Waals surface area contributed by atoms with Gasteiger partial charge in [-0.05, 0) is 41.7 Å². The number of nitrogens with one attached hydrogen (secondary N) is 2. The first-order valence-electron chi connectivity index (χ1n) is 6.13. The summed E-state index contributed by atoms with van der Waals surface area (Å²) in [6.07, 6.45) is 2.98. The van der Waals surface area contributed by atoms with E-state index in [2.05, 4.69) is 14.4 Å². The lowest BCUT2D eigenvalue weighted by molar-refractivity contribution is 0.575. The average Bonchev–Trinajstić information content (AvgIpc) is 2.87. The highest BCUT2D eigenvalue weighted by Crippen LogP contribution is 2.18. The van der Waals surface area contributed by atoms with Gasteiger partial charge in [-0.15, -0.1) is 0 Å². The fourth-order valence-corrected chi connectivity index (χ4v) is 2.88. The Balaban J connectivity index is 2.02. The largest absolute Gasteiger partial charge is 0.306 e. The fraction of sp³-hybridized carbons (Fsp3) is 0.308. The molecule has 0 saturated heterocycles. The Morgan fingerprint density at radius 3 is 2.85 bits per heavy atom. The van der Waals surface area contributed by atoms with Crippen molar-refractivity contribution >= 4 is 27.2 Å².